The molecule has 0 aliphatic carbocycles. The summed E-state index contributed by atoms with van der Waals surface area (Å²) >= 11 is 0. The van der Waals surface area contributed by atoms with Gasteiger partial charge in [0, 0.05) is 10.4 Å². The van der Waals surface area contributed by atoms with Crippen LogP contribution in [0.4, 0.5) is 0 Å². The fourth-order valence-electron chi connectivity index (χ4n) is 1.65. The molecule has 6 heteroatoms. The van der Waals surface area contributed by atoms with Crippen LogP contribution < -0.4 is 19.9 Å². The first kappa shape index (κ1) is 14.6. The Balaban J connectivity index is 4.11. The zero-order valence-electron chi connectivity index (χ0n) is 10.8. The molecule has 0 saturated carbocycles. The van der Waals surface area contributed by atoms with E-state index < -0.39 is 0 Å². The van der Waals surface area contributed by atoms with Crippen LogP contribution in [0.25, 0.3) is 11.1 Å². The molecule has 20 heavy (non-hydrogen) atoms. The molecule has 0 heterocycles. The third-order valence-electron chi connectivity index (χ3n) is 2.51. The molecule has 0 aromatic heterocycles. The first-order valence-corrected chi connectivity index (χ1v) is 5.28. The SMILES string of the molecule is COc1c(OC)c(=C(C#N)C#N)ccc1=C(C#N)C#N. The van der Waals surface area contributed by atoms with E-state index in [0.29, 0.717) is 0 Å². The molecule has 1 aromatic carbocycles. The molecule has 0 spiro atoms. The Kier molecular flexibility index (Phi) is 4.70. The van der Waals surface area contributed by atoms with Gasteiger partial charge >= 0.3 is 0 Å². The molecule has 0 saturated heterocycles. The maximum Gasteiger partial charge on any atom is 0.170 e. The van der Waals surface area contributed by atoms with Gasteiger partial charge in [0.05, 0.1) is 14.2 Å². The second-order valence-electron chi connectivity index (χ2n) is 3.42. The number of hydrogen-bond donors (Lipinski definition) is 0. The van der Waals surface area contributed by atoms with Crippen LogP contribution in [0, 0.1) is 45.3 Å². The summed E-state index contributed by atoms with van der Waals surface area (Å²) in [6.07, 6.45) is 0. The monoisotopic (exact) mass is 264 g/mol. The fraction of sp³-hybridized carbons (Fsp3) is 0.143. The summed E-state index contributed by atoms with van der Waals surface area (Å²) in [7, 11) is 2.69. The molecule has 96 valence electrons. The Morgan fingerprint density at radius 2 is 1.05 bits per heavy atom. The highest BCUT2D eigenvalue weighted by atomic mass is 16.5. The lowest BCUT2D eigenvalue weighted by Gasteiger charge is -2.09. The summed E-state index contributed by atoms with van der Waals surface area (Å²) in [5.41, 5.74) is -0.302. The second kappa shape index (κ2) is 6.45. The summed E-state index contributed by atoms with van der Waals surface area (Å²) in [5, 5.41) is 36.2. The van der Waals surface area contributed by atoms with Gasteiger partial charge < -0.3 is 9.47 Å². The van der Waals surface area contributed by atoms with E-state index in [1.165, 1.54) is 26.4 Å². The molecule has 1 rings (SSSR count). The van der Waals surface area contributed by atoms with Gasteiger partial charge in [0.25, 0.3) is 0 Å². The largest absolute Gasteiger partial charge is 0.492 e. The highest BCUT2D eigenvalue weighted by Crippen LogP contribution is 2.18. The number of rotatable bonds is 2. The van der Waals surface area contributed by atoms with E-state index in [-0.39, 0.29) is 33.1 Å². The van der Waals surface area contributed by atoms with Crippen molar-refractivity contribution in [2.45, 2.75) is 0 Å². The lowest BCUT2D eigenvalue weighted by molar-refractivity contribution is 0.350. The van der Waals surface area contributed by atoms with Crippen molar-refractivity contribution >= 4 is 11.1 Å². The molecule has 0 unspecified atom stereocenters. The van der Waals surface area contributed by atoms with E-state index in [2.05, 4.69) is 0 Å². The second-order valence-corrected chi connectivity index (χ2v) is 3.42. The van der Waals surface area contributed by atoms with E-state index >= 15 is 0 Å². The number of methoxy groups -OCH3 is 2. The number of hydrogen-bond acceptors (Lipinski definition) is 6. The third kappa shape index (κ3) is 2.36. The van der Waals surface area contributed by atoms with Gasteiger partial charge in [-0.3, -0.25) is 0 Å². The van der Waals surface area contributed by atoms with Gasteiger partial charge in [0.1, 0.15) is 35.4 Å². The van der Waals surface area contributed by atoms with Crippen LogP contribution in [0.1, 0.15) is 0 Å². The zero-order valence-corrected chi connectivity index (χ0v) is 10.8. The summed E-state index contributed by atoms with van der Waals surface area (Å²) in [6, 6.07) is 9.89. The smallest absolute Gasteiger partial charge is 0.170 e. The number of ether oxygens (including phenoxy) is 2. The van der Waals surface area contributed by atoms with Gasteiger partial charge in [-0.15, -0.1) is 0 Å². The highest BCUT2D eigenvalue weighted by molar-refractivity contribution is 5.78. The van der Waals surface area contributed by atoms with Crippen LogP contribution in [0.5, 0.6) is 11.5 Å². The van der Waals surface area contributed by atoms with Crippen LogP contribution in [0.15, 0.2) is 12.1 Å². The minimum absolute atomic E-state index is 0.131. The molecule has 0 amide bonds. The normalized spacial score (nSPS) is 8.30. The maximum atomic E-state index is 8.92. The molecule has 0 bridgehead atoms. The molecular weight excluding hydrogens is 256 g/mol. The summed E-state index contributed by atoms with van der Waals surface area (Å²) in [6.45, 7) is 0. The van der Waals surface area contributed by atoms with E-state index in [9.17, 15) is 0 Å². The van der Waals surface area contributed by atoms with E-state index in [0.717, 1.165) is 0 Å². The highest BCUT2D eigenvalue weighted by Gasteiger charge is 2.13. The Bertz CT molecular complexity index is 724. The van der Waals surface area contributed by atoms with Crippen LogP contribution in [-0.4, -0.2) is 14.2 Å². The lowest BCUT2D eigenvalue weighted by Crippen LogP contribution is -2.19. The molecule has 0 atom stereocenters. The predicted octanol–water partition coefficient (Wildman–Crippen LogP) is 0.0995. The minimum atomic E-state index is -0.151. The Hall–Kier alpha value is -3.48. The molecule has 0 fully saturated rings. The Labute approximate surface area is 115 Å². The van der Waals surface area contributed by atoms with Crippen molar-refractivity contribution in [2.24, 2.45) is 0 Å². The van der Waals surface area contributed by atoms with Crippen molar-refractivity contribution in [1.29, 1.82) is 21.0 Å². The van der Waals surface area contributed by atoms with E-state index in [1.54, 1.807) is 24.3 Å². The summed E-state index contributed by atoms with van der Waals surface area (Å²) in [5.74, 6) is 0.261. The number of nitrogens with zero attached hydrogens (tertiary/aromatic N) is 4. The molecule has 0 N–H and O–H groups in total. The average molecular weight is 264 g/mol. The maximum absolute atomic E-state index is 8.92. The van der Waals surface area contributed by atoms with Crippen LogP contribution in [0.2, 0.25) is 0 Å². The van der Waals surface area contributed by atoms with Crippen molar-refractivity contribution < 1.29 is 9.47 Å². The molecule has 0 radical (unpaired) electrons. The molecule has 6 nitrogen and oxygen atoms in total. The van der Waals surface area contributed by atoms with Crippen molar-refractivity contribution in [3.63, 3.8) is 0 Å². The van der Waals surface area contributed by atoms with E-state index in [4.69, 9.17) is 30.5 Å². The van der Waals surface area contributed by atoms with Crippen LogP contribution >= 0.6 is 0 Å². The average Bonchev–Trinajstić information content (AvgIpc) is 2.49. The summed E-state index contributed by atoms with van der Waals surface area (Å²) in [4.78, 5) is 0. The molecule has 1 aromatic rings. The van der Waals surface area contributed by atoms with Gasteiger partial charge in [-0.1, -0.05) is 0 Å². The third-order valence-corrected chi connectivity index (χ3v) is 2.51. The number of nitriles is 4. The first-order valence-electron chi connectivity index (χ1n) is 5.28. The van der Waals surface area contributed by atoms with Crippen LogP contribution in [0.3, 0.4) is 0 Å². The zero-order chi connectivity index (χ0) is 15.1. The topological polar surface area (TPSA) is 114 Å². The van der Waals surface area contributed by atoms with Crippen LogP contribution in [-0.2, 0) is 0 Å². The fourth-order valence-corrected chi connectivity index (χ4v) is 1.65. The van der Waals surface area contributed by atoms with Crippen molar-refractivity contribution in [3.8, 4) is 35.8 Å². The molecular formula is C14H8N4O2. The predicted molar refractivity (Wildman–Crippen MR) is 68.1 cm³/mol. The summed E-state index contributed by atoms with van der Waals surface area (Å²) < 4.78 is 10.3. The Morgan fingerprint density at radius 3 is 1.25 bits per heavy atom. The molecule has 0 aliphatic heterocycles. The van der Waals surface area contributed by atoms with Gasteiger partial charge in [-0.25, -0.2) is 0 Å². The minimum Gasteiger partial charge on any atom is -0.492 e. The van der Waals surface area contributed by atoms with Gasteiger partial charge in [-0.2, -0.15) is 21.0 Å². The molecule has 0 aliphatic rings. The lowest BCUT2D eigenvalue weighted by atomic mass is 10.1. The standard InChI is InChI=1S/C14H8N4O2/c1-19-13-11(9(5-15)6-16)3-4-12(14(13)20-2)10(7-17)8-18/h3-4H,1-2H3. The quantitative estimate of drug-likeness (QED) is 0.748. The van der Waals surface area contributed by atoms with Crippen molar-refractivity contribution in [2.75, 3.05) is 14.2 Å². The Morgan fingerprint density at radius 1 is 0.750 bits per heavy atom. The first-order chi connectivity index (χ1) is 9.68. The number of benzene rings is 1. The van der Waals surface area contributed by atoms with Gasteiger partial charge in [0.15, 0.2) is 11.5 Å². The van der Waals surface area contributed by atoms with Gasteiger partial charge in [0.2, 0.25) is 0 Å². The van der Waals surface area contributed by atoms with E-state index in [1.807, 2.05) is 0 Å². The van der Waals surface area contributed by atoms with Gasteiger partial charge in [-0.05, 0) is 12.1 Å². The van der Waals surface area contributed by atoms with Crippen molar-refractivity contribution in [3.05, 3.63) is 22.6 Å². The van der Waals surface area contributed by atoms with Crippen molar-refractivity contribution in [1.82, 2.24) is 0 Å².